The molecule has 46 heavy (non-hydrogen) atoms. The van der Waals surface area contributed by atoms with Crippen LogP contribution in [0.4, 0.5) is 0 Å². The first kappa shape index (κ1) is 34.4. The van der Waals surface area contributed by atoms with E-state index in [4.69, 9.17) is 14.2 Å². The van der Waals surface area contributed by atoms with E-state index >= 15 is 0 Å². The Morgan fingerprint density at radius 2 is 1.80 bits per heavy atom. The highest BCUT2D eigenvalue weighted by molar-refractivity contribution is 6.64. The van der Waals surface area contributed by atoms with Crippen molar-refractivity contribution >= 4 is 31.3 Å². The molecule has 0 amide bonds. The van der Waals surface area contributed by atoms with Crippen molar-refractivity contribution in [3.8, 4) is 0 Å². The number of benzene rings is 1. The Kier molecular flexibility index (Phi) is 8.96. The van der Waals surface area contributed by atoms with Crippen molar-refractivity contribution < 1.29 is 48.7 Å². The van der Waals surface area contributed by atoms with Gasteiger partial charge >= 0.3 is 11.9 Å². The topological polar surface area (TPSA) is 169 Å². The largest absolute Gasteiger partial charge is 0.461 e. The molecule has 1 heterocycles. The minimum Gasteiger partial charge on any atom is -0.461 e. The molecule has 11 atom stereocenters. The van der Waals surface area contributed by atoms with Crippen LogP contribution >= 0.6 is 0 Å². The lowest BCUT2D eigenvalue weighted by atomic mass is 9.40. The number of Topliss-reactive ketones (excluding diaryl/α,β-unsaturated/α-hetero) is 1. The maximum absolute atomic E-state index is 14.6. The molecule has 0 radical (unpaired) electrons. The van der Waals surface area contributed by atoms with Crippen LogP contribution in [-0.4, -0.2) is 89.4 Å². The van der Waals surface area contributed by atoms with Crippen LogP contribution in [0.5, 0.6) is 0 Å². The third-order valence-electron chi connectivity index (χ3n) is 12.0. The zero-order valence-electron chi connectivity index (χ0n) is 27.6. The van der Waals surface area contributed by atoms with Crippen LogP contribution in [0.15, 0.2) is 41.5 Å². The zero-order chi connectivity index (χ0) is 34.0. The van der Waals surface area contributed by atoms with Crippen molar-refractivity contribution in [1.82, 2.24) is 5.23 Å². The van der Waals surface area contributed by atoms with Crippen LogP contribution in [0.2, 0.25) is 0 Å². The molecular weight excluding hydrogens is 593 g/mol. The molecule has 3 aliphatic carbocycles. The number of carbonyl (C=O) groups excluding carboxylic acids is 4. The summed E-state index contributed by atoms with van der Waals surface area (Å²) in [5.41, 5.74) is -3.49. The standard InChI is InChI=1S/C34H46BNO10/c1-17-21(46-30(42)27(40)25(36-35-16-37)20-11-9-8-10-12-20)14-34(43)18(2)28-32(6)15-44-22(32)13-23(45-19(3)38)33(28,7)29(41)26(39)24(17)31(34,4)5/h8-12,16,18,21-23,25-28,35-36,39-40,43H,13-15H2,1-7H3/t18-,21-,22+,23-,25-,26+,27+,28+,32+,33+,34+/m0/s1. The van der Waals surface area contributed by atoms with Gasteiger partial charge in [0, 0.05) is 30.6 Å². The Morgan fingerprint density at radius 1 is 1.15 bits per heavy atom. The smallest absolute Gasteiger partial charge is 0.337 e. The molecule has 12 heteroatoms. The summed E-state index contributed by atoms with van der Waals surface area (Å²) in [7, 11) is -0.117. The lowest BCUT2D eigenvalue weighted by Crippen LogP contribution is -2.75. The van der Waals surface area contributed by atoms with Crippen LogP contribution < -0.4 is 5.23 Å². The van der Waals surface area contributed by atoms with Gasteiger partial charge < -0.3 is 39.6 Å². The van der Waals surface area contributed by atoms with E-state index in [9.17, 15) is 34.5 Å². The molecule has 0 unspecified atom stereocenters. The van der Waals surface area contributed by atoms with Crippen LogP contribution in [0, 0.1) is 28.1 Å². The molecular formula is C34H46BNO10. The average molecular weight is 640 g/mol. The molecule has 4 aliphatic rings. The number of carbonyl (C=O) groups is 4. The first-order valence-corrected chi connectivity index (χ1v) is 16.0. The first-order chi connectivity index (χ1) is 21.5. The summed E-state index contributed by atoms with van der Waals surface area (Å²) in [5.74, 6) is -3.28. The van der Waals surface area contributed by atoms with Gasteiger partial charge in [0.25, 0.3) is 7.41 Å². The number of hydrogen-bond acceptors (Lipinski definition) is 11. The number of nitrogens with one attached hydrogen (secondary N) is 1. The van der Waals surface area contributed by atoms with E-state index in [1.54, 1.807) is 58.0 Å². The average Bonchev–Trinajstić information content (AvgIpc) is 2.99. The third kappa shape index (κ3) is 4.99. The fraction of sp³-hybridized carbons (Fsp3) is 0.647. The molecule has 11 nitrogen and oxygen atoms in total. The van der Waals surface area contributed by atoms with Crippen LogP contribution in [0.3, 0.4) is 0 Å². The Morgan fingerprint density at radius 3 is 2.37 bits per heavy atom. The van der Waals surface area contributed by atoms with Gasteiger partial charge in [0.1, 0.15) is 18.3 Å². The summed E-state index contributed by atoms with van der Waals surface area (Å²) in [6, 6.07) is 7.74. The highest BCUT2D eigenvalue weighted by Gasteiger charge is 2.73. The molecule has 4 N–H and O–H groups in total. The molecule has 1 aliphatic heterocycles. The Labute approximate surface area is 270 Å². The number of esters is 2. The zero-order valence-corrected chi connectivity index (χ0v) is 27.6. The second-order valence-electron chi connectivity index (χ2n) is 14.6. The molecule has 3 fully saturated rings. The lowest BCUT2D eigenvalue weighted by molar-refractivity contribution is -0.303. The van der Waals surface area contributed by atoms with Crippen molar-refractivity contribution in [2.24, 2.45) is 28.1 Å². The summed E-state index contributed by atoms with van der Waals surface area (Å²) in [6.07, 6.45) is -4.87. The molecule has 2 bridgehead atoms. The molecule has 0 aromatic heterocycles. The van der Waals surface area contributed by atoms with E-state index in [1.165, 1.54) is 6.92 Å². The second-order valence-corrected chi connectivity index (χ2v) is 14.6. The lowest BCUT2D eigenvalue weighted by Gasteiger charge is -2.68. The Balaban J connectivity index is 1.58. The molecule has 1 aromatic rings. The maximum Gasteiger partial charge on any atom is 0.337 e. The maximum atomic E-state index is 14.6. The highest BCUT2D eigenvalue weighted by atomic mass is 16.6. The Hall–Kier alpha value is -2.90. The van der Waals surface area contributed by atoms with Crippen LogP contribution in [0.1, 0.15) is 72.9 Å². The highest BCUT2D eigenvalue weighted by Crippen LogP contribution is 2.67. The number of aliphatic hydroxyl groups excluding tert-OH is 2. The van der Waals surface area contributed by atoms with E-state index < -0.39 is 81.9 Å². The fourth-order valence-electron chi connectivity index (χ4n) is 9.52. The van der Waals surface area contributed by atoms with Crippen molar-refractivity contribution in [2.45, 2.75) is 103 Å². The van der Waals surface area contributed by atoms with Crippen LogP contribution in [0.25, 0.3) is 0 Å². The van der Waals surface area contributed by atoms with Gasteiger partial charge in [0.2, 0.25) is 0 Å². The number of aliphatic hydroxyl groups is 3. The predicted octanol–water partition coefficient (Wildman–Crippen LogP) is 1.55. The minimum absolute atomic E-state index is 0.0694. The number of rotatable bonds is 8. The Bertz CT molecular complexity index is 1430. The van der Waals surface area contributed by atoms with Crippen molar-refractivity contribution in [3.05, 3.63) is 47.0 Å². The van der Waals surface area contributed by atoms with Gasteiger partial charge in [-0.2, -0.15) is 0 Å². The second kappa shape index (κ2) is 12.0. The fourth-order valence-corrected chi connectivity index (χ4v) is 9.52. The minimum atomic E-state index is -1.71. The van der Waals surface area contributed by atoms with E-state index in [0.29, 0.717) is 23.9 Å². The SMILES string of the molecule is CC(=O)O[C@H]1C[C@H]2OC[C@@]2(C)[C@H]2[C@H](C)[C@]3(O)C[C@H](OC(=O)[C@H](O)[C@@H](NBC=O)c4ccccc4)C(C)=C([C@@H](O)C(=O)[C@]12C)C3(C)C. The molecule has 5 rings (SSSR count). The quantitative estimate of drug-likeness (QED) is 0.141. The van der Waals surface area contributed by atoms with Gasteiger partial charge in [0.15, 0.2) is 11.9 Å². The summed E-state index contributed by atoms with van der Waals surface area (Å²) in [6.45, 7) is 12.4. The van der Waals surface area contributed by atoms with Crippen LogP contribution in [-0.2, 0) is 33.4 Å². The number of ketones is 1. The third-order valence-corrected chi connectivity index (χ3v) is 12.0. The van der Waals surface area contributed by atoms with E-state index in [0.717, 1.165) is 0 Å². The molecule has 1 aromatic carbocycles. The number of ether oxygens (including phenoxy) is 3. The normalized spacial score (nSPS) is 39.3. The molecule has 0 spiro atoms. The predicted molar refractivity (Wildman–Crippen MR) is 168 cm³/mol. The van der Waals surface area contributed by atoms with E-state index in [-0.39, 0.29) is 31.9 Å². The summed E-state index contributed by atoms with van der Waals surface area (Å²) < 4.78 is 17.7. The van der Waals surface area contributed by atoms with Crippen molar-refractivity contribution in [3.63, 3.8) is 0 Å². The summed E-state index contributed by atoms with van der Waals surface area (Å²) >= 11 is 0. The molecule has 2 saturated carbocycles. The van der Waals surface area contributed by atoms with Crippen molar-refractivity contribution in [1.29, 1.82) is 0 Å². The number of fused-ring (bicyclic) bond motifs is 5. The van der Waals surface area contributed by atoms with Gasteiger partial charge in [-0.1, -0.05) is 58.0 Å². The van der Waals surface area contributed by atoms with Gasteiger partial charge in [0.05, 0.1) is 36.0 Å². The van der Waals surface area contributed by atoms with E-state index in [2.05, 4.69) is 5.23 Å². The molecule has 1 saturated heterocycles. The summed E-state index contributed by atoms with van der Waals surface area (Å²) in [4.78, 5) is 51.6. The van der Waals surface area contributed by atoms with Gasteiger partial charge in [-0.3, -0.25) is 9.59 Å². The first-order valence-electron chi connectivity index (χ1n) is 16.0. The van der Waals surface area contributed by atoms with Gasteiger partial charge in [-0.25, -0.2) is 4.79 Å². The van der Waals surface area contributed by atoms with Gasteiger partial charge in [-0.05, 0) is 42.4 Å². The van der Waals surface area contributed by atoms with E-state index in [1.807, 2.05) is 13.8 Å². The molecule has 250 valence electrons. The van der Waals surface area contributed by atoms with Crippen molar-refractivity contribution in [2.75, 3.05) is 6.61 Å². The number of hydrogen-bond donors (Lipinski definition) is 4. The summed E-state index contributed by atoms with van der Waals surface area (Å²) in [5, 5.41) is 39.0. The monoisotopic (exact) mass is 639 g/mol. The van der Waals surface area contributed by atoms with Gasteiger partial charge in [-0.15, -0.1) is 0 Å².